The molecule has 32 heavy (non-hydrogen) atoms. The topological polar surface area (TPSA) is 44.2 Å². The van der Waals surface area contributed by atoms with Gasteiger partial charge < -0.3 is 4.90 Å². The molecule has 0 bridgehead atoms. The van der Waals surface area contributed by atoms with E-state index in [0.717, 1.165) is 31.4 Å². The molecule has 3 nitrogen and oxygen atoms in total. The van der Waals surface area contributed by atoms with E-state index in [1.54, 1.807) is 12.1 Å². The van der Waals surface area contributed by atoms with Crippen molar-refractivity contribution < 1.29 is 22.4 Å². The lowest BCUT2D eigenvalue weighted by Crippen LogP contribution is -2.52. The molecule has 0 spiro atoms. The number of hydrogen-bond acceptors (Lipinski definition) is 2. The summed E-state index contributed by atoms with van der Waals surface area (Å²) in [6.07, 6.45) is -0.869. The number of unbranched alkanes of at least 4 members (excludes halogenated alkanes) is 2. The van der Waals surface area contributed by atoms with Crippen molar-refractivity contribution in [2.45, 2.75) is 63.5 Å². The Kier molecular flexibility index (Phi) is 6.77. The number of nitrogens with one attached hydrogen (secondary N) is 1. The van der Waals surface area contributed by atoms with E-state index in [1.165, 1.54) is 30.1 Å². The van der Waals surface area contributed by atoms with E-state index in [0.29, 0.717) is 23.1 Å². The number of hydrogen-bond donors (Lipinski definition) is 1. The summed E-state index contributed by atoms with van der Waals surface area (Å²) in [5.74, 6) is -1.34. The second-order valence-electron chi connectivity index (χ2n) is 8.75. The molecule has 1 amide bonds. The van der Waals surface area contributed by atoms with Crippen molar-refractivity contribution in [3.05, 3.63) is 70.5 Å². The molecule has 1 aliphatic heterocycles. The van der Waals surface area contributed by atoms with E-state index in [1.807, 2.05) is 6.92 Å². The number of piperidine rings is 1. The molecule has 0 aliphatic carbocycles. The molecule has 7 heteroatoms. The smallest absolute Gasteiger partial charge is 0.303 e. The van der Waals surface area contributed by atoms with Crippen LogP contribution in [0.2, 0.25) is 0 Å². The van der Waals surface area contributed by atoms with Gasteiger partial charge in [-0.05, 0) is 47.7 Å². The number of rotatable bonds is 6. The number of carbonyl (C=O) groups is 1. The molecule has 0 saturated carbocycles. The van der Waals surface area contributed by atoms with Crippen molar-refractivity contribution >= 4 is 11.7 Å². The molecule has 1 saturated heterocycles. The number of carbonyl (C=O) groups excluding carboxylic acids is 1. The number of likely N-dealkylation sites (N-methyl/N-ethyl adjacent to an activating group) is 1. The summed E-state index contributed by atoms with van der Waals surface area (Å²) in [5.41, 5.74) is 0.0323. The second-order valence-corrected chi connectivity index (χ2v) is 8.75. The zero-order valence-corrected chi connectivity index (χ0v) is 18.5. The van der Waals surface area contributed by atoms with Gasteiger partial charge in [-0.2, -0.15) is 13.2 Å². The highest BCUT2D eigenvalue weighted by Gasteiger charge is 2.48. The van der Waals surface area contributed by atoms with E-state index in [9.17, 15) is 22.4 Å². The third-order valence-electron chi connectivity index (χ3n) is 6.48. The number of likely N-dealkylation sites (tertiary alicyclic amines) is 1. The van der Waals surface area contributed by atoms with Gasteiger partial charge in [0.2, 0.25) is 5.91 Å². The summed E-state index contributed by atoms with van der Waals surface area (Å²) < 4.78 is 53.6. The van der Waals surface area contributed by atoms with Gasteiger partial charge >= 0.3 is 6.18 Å². The van der Waals surface area contributed by atoms with E-state index < -0.39 is 23.1 Å². The van der Waals surface area contributed by atoms with Crippen molar-refractivity contribution in [2.24, 2.45) is 0 Å². The SMILES string of the molecule is CCCCCc1cc([C@@]2(C)CC(=N)N(C)C(=O)[C@H]2c2ccc(C(F)(F)F)cc2)ccc1F. The van der Waals surface area contributed by atoms with Crippen molar-refractivity contribution in [3.8, 4) is 0 Å². The molecule has 172 valence electrons. The average molecular weight is 449 g/mol. The summed E-state index contributed by atoms with van der Waals surface area (Å²) in [4.78, 5) is 14.5. The zero-order valence-electron chi connectivity index (χ0n) is 18.5. The van der Waals surface area contributed by atoms with Gasteiger partial charge in [0.1, 0.15) is 11.7 Å². The number of nitrogens with zero attached hydrogens (tertiary/aromatic N) is 1. The normalized spacial score (nSPS) is 21.8. The van der Waals surface area contributed by atoms with Gasteiger partial charge in [0.05, 0.1) is 11.5 Å². The van der Waals surface area contributed by atoms with Crippen LogP contribution in [0, 0.1) is 11.2 Å². The Bertz CT molecular complexity index is 1000. The van der Waals surface area contributed by atoms with Crippen molar-refractivity contribution in [1.82, 2.24) is 4.90 Å². The second kappa shape index (κ2) is 9.04. The summed E-state index contributed by atoms with van der Waals surface area (Å²) in [6.45, 7) is 3.90. The third-order valence-corrected chi connectivity index (χ3v) is 6.48. The average Bonchev–Trinajstić information content (AvgIpc) is 2.73. The molecule has 0 aromatic heterocycles. The lowest BCUT2D eigenvalue weighted by Gasteiger charge is -2.45. The Morgan fingerprint density at radius 2 is 1.78 bits per heavy atom. The van der Waals surface area contributed by atoms with Crippen LogP contribution < -0.4 is 0 Å². The highest BCUT2D eigenvalue weighted by molar-refractivity contribution is 6.04. The van der Waals surface area contributed by atoms with Crippen LogP contribution in [0.3, 0.4) is 0 Å². The van der Waals surface area contributed by atoms with Crippen LogP contribution in [0.15, 0.2) is 42.5 Å². The molecule has 1 heterocycles. The first-order valence-electron chi connectivity index (χ1n) is 10.8. The predicted octanol–water partition coefficient (Wildman–Crippen LogP) is 6.46. The maximum Gasteiger partial charge on any atom is 0.416 e. The van der Waals surface area contributed by atoms with E-state index >= 15 is 0 Å². The number of benzene rings is 2. The summed E-state index contributed by atoms with van der Waals surface area (Å²) in [7, 11) is 1.50. The van der Waals surface area contributed by atoms with Gasteiger partial charge in [0.15, 0.2) is 0 Å². The molecule has 0 radical (unpaired) electrons. The lowest BCUT2D eigenvalue weighted by atomic mass is 9.64. The quantitative estimate of drug-likeness (QED) is 0.400. The maximum atomic E-state index is 14.5. The van der Waals surface area contributed by atoms with Crippen LogP contribution in [0.4, 0.5) is 17.6 Å². The standard InChI is InChI=1S/C25H28F4N2O/c1-4-5-6-7-17-14-19(12-13-20(17)26)24(2)15-21(30)31(3)23(32)22(24)16-8-10-18(11-9-16)25(27,28)29/h8-14,22,30H,4-7,15H2,1-3H3/t22-,24-/m1/s1. The Balaban J connectivity index is 2.07. The van der Waals surface area contributed by atoms with E-state index in [2.05, 4.69) is 6.92 Å². The number of halogens is 4. The van der Waals surface area contributed by atoms with Crippen molar-refractivity contribution in [1.29, 1.82) is 5.41 Å². The lowest BCUT2D eigenvalue weighted by molar-refractivity contribution is -0.137. The van der Waals surface area contributed by atoms with Crippen molar-refractivity contribution in [2.75, 3.05) is 7.05 Å². The van der Waals surface area contributed by atoms with Crippen LogP contribution in [0.25, 0.3) is 0 Å². The van der Waals surface area contributed by atoms with Crippen LogP contribution in [0.5, 0.6) is 0 Å². The van der Waals surface area contributed by atoms with Gasteiger partial charge in [-0.25, -0.2) is 4.39 Å². The Morgan fingerprint density at radius 1 is 1.12 bits per heavy atom. The fraction of sp³-hybridized carbons (Fsp3) is 0.440. The zero-order chi connectivity index (χ0) is 23.7. The minimum atomic E-state index is -4.47. The first kappa shape index (κ1) is 24.0. The minimum Gasteiger partial charge on any atom is -0.303 e. The third kappa shape index (κ3) is 4.57. The molecule has 2 aromatic carbocycles. The summed E-state index contributed by atoms with van der Waals surface area (Å²) >= 11 is 0. The molecule has 3 rings (SSSR count). The van der Waals surface area contributed by atoms with Crippen LogP contribution in [-0.2, 0) is 22.8 Å². The molecule has 1 aliphatic rings. The highest BCUT2D eigenvalue weighted by Crippen LogP contribution is 2.47. The Morgan fingerprint density at radius 3 is 2.38 bits per heavy atom. The van der Waals surface area contributed by atoms with Crippen LogP contribution in [-0.4, -0.2) is 23.7 Å². The molecule has 2 atom stereocenters. The monoisotopic (exact) mass is 448 g/mol. The van der Waals surface area contributed by atoms with Gasteiger partial charge in [-0.1, -0.05) is 51.0 Å². The van der Waals surface area contributed by atoms with Gasteiger partial charge in [0.25, 0.3) is 0 Å². The predicted molar refractivity (Wildman–Crippen MR) is 116 cm³/mol. The van der Waals surface area contributed by atoms with Crippen LogP contribution >= 0.6 is 0 Å². The molecule has 0 unspecified atom stereocenters. The summed E-state index contributed by atoms with van der Waals surface area (Å²) in [5, 5.41) is 8.31. The molecular formula is C25H28F4N2O. The Hall–Kier alpha value is -2.70. The molecule has 1 N–H and O–H groups in total. The van der Waals surface area contributed by atoms with Gasteiger partial charge in [0, 0.05) is 18.9 Å². The van der Waals surface area contributed by atoms with E-state index in [4.69, 9.17) is 5.41 Å². The minimum absolute atomic E-state index is 0.123. The molecule has 2 aromatic rings. The fourth-order valence-electron chi connectivity index (χ4n) is 4.50. The highest BCUT2D eigenvalue weighted by atomic mass is 19.4. The first-order chi connectivity index (χ1) is 15.0. The summed E-state index contributed by atoms with van der Waals surface area (Å²) in [6, 6.07) is 9.39. The largest absolute Gasteiger partial charge is 0.416 e. The Labute approximate surface area is 185 Å². The fourth-order valence-corrected chi connectivity index (χ4v) is 4.50. The number of amides is 1. The number of amidine groups is 1. The van der Waals surface area contributed by atoms with Crippen molar-refractivity contribution in [3.63, 3.8) is 0 Å². The van der Waals surface area contributed by atoms with Gasteiger partial charge in [-0.15, -0.1) is 0 Å². The maximum absolute atomic E-state index is 14.5. The number of aryl methyl sites for hydroxylation is 1. The first-order valence-corrected chi connectivity index (χ1v) is 10.8. The molecule has 1 fully saturated rings. The van der Waals surface area contributed by atoms with Crippen LogP contribution in [0.1, 0.15) is 67.7 Å². The number of alkyl halides is 3. The molecular weight excluding hydrogens is 420 g/mol. The van der Waals surface area contributed by atoms with E-state index in [-0.39, 0.29) is 24.0 Å². The van der Waals surface area contributed by atoms with Gasteiger partial charge in [-0.3, -0.25) is 10.2 Å².